The number of carbonyl (C=O) groups is 2. The Morgan fingerprint density at radius 1 is 1.19 bits per heavy atom. The van der Waals surface area contributed by atoms with Crippen molar-refractivity contribution >= 4 is 11.9 Å². The molecule has 6 nitrogen and oxygen atoms in total. The highest BCUT2D eigenvalue weighted by atomic mass is 16.5. The van der Waals surface area contributed by atoms with E-state index in [4.69, 9.17) is 4.52 Å². The maximum Gasteiger partial charge on any atom is 0.325 e. The zero-order chi connectivity index (χ0) is 15.6. The lowest BCUT2D eigenvalue weighted by Gasteiger charge is -2.25. The Morgan fingerprint density at radius 2 is 1.81 bits per heavy atom. The van der Waals surface area contributed by atoms with Crippen LogP contribution in [0.25, 0.3) is 0 Å². The van der Waals surface area contributed by atoms with Gasteiger partial charge in [-0.1, -0.05) is 31.8 Å². The van der Waals surface area contributed by atoms with E-state index in [1.165, 1.54) is 4.90 Å². The molecular formula is C15H23N3O3. The Morgan fingerprint density at radius 3 is 2.29 bits per heavy atom. The molecule has 0 aliphatic carbocycles. The van der Waals surface area contributed by atoms with Gasteiger partial charge in [0.05, 0.1) is 12.2 Å². The van der Waals surface area contributed by atoms with Gasteiger partial charge in [0, 0.05) is 5.56 Å². The van der Waals surface area contributed by atoms with E-state index in [1.54, 1.807) is 6.92 Å². The van der Waals surface area contributed by atoms with E-state index in [2.05, 4.69) is 10.5 Å². The molecule has 1 aromatic rings. The minimum absolute atomic E-state index is 0.129. The van der Waals surface area contributed by atoms with E-state index in [9.17, 15) is 9.59 Å². The summed E-state index contributed by atoms with van der Waals surface area (Å²) in [4.78, 5) is 26.3. The molecule has 0 bridgehead atoms. The zero-order valence-corrected chi connectivity index (χ0v) is 13.2. The normalized spacial score (nSPS) is 17.4. The molecule has 21 heavy (non-hydrogen) atoms. The Hall–Kier alpha value is -1.85. The van der Waals surface area contributed by atoms with Gasteiger partial charge in [-0.25, -0.2) is 4.79 Å². The van der Waals surface area contributed by atoms with Crippen LogP contribution in [0.5, 0.6) is 0 Å². The minimum atomic E-state index is -0.737. The van der Waals surface area contributed by atoms with Crippen LogP contribution in [0.4, 0.5) is 4.79 Å². The van der Waals surface area contributed by atoms with E-state index >= 15 is 0 Å². The molecule has 0 unspecified atom stereocenters. The molecular weight excluding hydrogens is 270 g/mol. The summed E-state index contributed by atoms with van der Waals surface area (Å²) in [5, 5.41) is 6.78. The maximum atomic E-state index is 12.8. The molecule has 0 aromatic carbocycles. The largest absolute Gasteiger partial charge is 0.361 e. The van der Waals surface area contributed by atoms with Gasteiger partial charge in [-0.2, -0.15) is 0 Å². The molecule has 6 heteroatoms. The van der Waals surface area contributed by atoms with Gasteiger partial charge in [-0.05, 0) is 26.7 Å². The fourth-order valence-electron chi connectivity index (χ4n) is 3.02. The molecule has 0 spiro atoms. The summed E-state index contributed by atoms with van der Waals surface area (Å²) in [6.45, 7) is 7.87. The zero-order valence-electron chi connectivity index (χ0n) is 13.2. The Bertz CT molecular complexity index is 525. The van der Waals surface area contributed by atoms with E-state index in [0.717, 1.165) is 24.1 Å². The van der Waals surface area contributed by atoms with Gasteiger partial charge in [0.2, 0.25) is 0 Å². The number of imide groups is 1. The third-order valence-electron chi connectivity index (χ3n) is 4.10. The van der Waals surface area contributed by atoms with Crippen molar-refractivity contribution in [3.63, 3.8) is 0 Å². The van der Waals surface area contributed by atoms with Crippen LogP contribution >= 0.6 is 0 Å². The number of aryl methyl sites for hydroxylation is 2. The molecule has 116 valence electrons. The summed E-state index contributed by atoms with van der Waals surface area (Å²) in [7, 11) is 0. The molecule has 1 aliphatic heterocycles. The number of hydrogen-bond acceptors (Lipinski definition) is 4. The second-order valence-electron chi connectivity index (χ2n) is 5.71. The van der Waals surface area contributed by atoms with Crippen LogP contribution in [0.3, 0.4) is 0 Å². The monoisotopic (exact) mass is 293 g/mol. The van der Waals surface area contributed by atoms with E-state index in [-0.39, 0.29) is 18.5 Å². The van der Waals surface area contributed by atoms with Crippen molar-refractivity contribution < 1.29 is 14.1 Å². The number of amides is 3. The van der Waals surface area contributed by atoms with Crippen molar-refractivity contribution in [2.75, 3.05) is 0 Å². The number of rotatable bonds is 6. The number of urea groups is 1. The summed E-state index contributed by atoms with van der Waals surface area (Å²) >= 11 is 0. The second kappa shape index (κ2) is 5.87. The molecule has 1 aromatic heterocycles. The second-order valence-corrected chi connectivity index (χ2v) is 5.71. The number of nitrogens with one attached hydrogen (secondary N) is 1. The molecule has 0 saturated carbocycles. The molecule has 1 N–H and O–H groups in total. The van der Waals surface area contributed by atoms with Crippen LogP contribution in [0.15, 0.2) is 4.52 Å². The van der Waals surface area contributed by atoms with Crippen molar-refractivity contribution in [1.82, 2.24) is 15.4 Å². The molecule has 2 heterocycles. The number of hydrogen-bond donors (Lipinski definition) is 1. The average Bonchev–Trinajstić information content (AvgIpc) is 2.85. The highest BCUT2D eigenvalue weighted by molar-refractivity contribution is 6.07. The van der Waals surface area contributed by atoms with Gasteiger partial charge in [-0.3, -0.25) is 9.69 Å². The first-order valence-corrected chi connectivity index (χ1v) is 7.51. The van der Waals surface area contributed by atoms with Crippen molar-refractivity contribution in [3.05, 3.63) is 17.0 Å². The summed E-state index contributed by atoms with van der Waals surface area (Å²) < 4.78 is 5.10. The fourth-order valence-corrected chi connectivity index (χ4v) is 3.02. The molecule has 1 aliphatic rings. The number of aromatic nitrogens is 1. The quantitative estimate of drug-likeness (QED) is 0.818. The van der Waals surface area contributed by atoms with Crippen LogP contribution in [0.2, 0.25) is 0 Å². The van der Waals surface area contributed by atoms with Crippen LogP contribution in [0, 0.1) is 13.8 Å². The van der Waals surface area contributed by atoms with Crippen molar-refractivity contribution in [3.8, 4) is 0 Å². The smallest absolute Gasteiger partial charge is 0.325 e. The first-order valence-electron chi connectivity index (χ1n) is 7.51. The molecule has 1 fully saturated rings. The Kier molecular flexibility index (Phi) is 4.34. The molecule has 3 amide bonds. The third kappa shape index (κ3) is 2.66. The predicted octanol–water partition coefficient (Wildman–Crippen LogP) is 2.68. The standard InChI is InChI=1S/C15H23N3O3/c1-5-7-15(8-6-2)13(19)18(14(20)16-15)9-12-10(3)17-21-11(12)4/h5-9H2,1-4H3,(H,16,20). The van der Waals surface area contributed by atoms with Crippen molar-refractivity contribution in [2.45, 2.75) is 65.5 Å². The lowest BCUT2D eigenvalue weighted by molar-refractivity contribution is -0.132. The summed E-state index contributed by atoms with van der Waals surface area (Å²) in [6.07, 6.45) is 3.05. The van der Waals surface area contributed by atoms with Gasteiger partial charge in [0.15, 0.2) is 0 Å². The van der Waals surface area contributed by atoms with Gasteiger partial charge < -0.3 is 9.84 Å². The van der Waals surface area contributed by atoms with Crippen LogP contribution in [0.1, 0.15) is 56.5 Å². The SMILES string of the molecule is CCCC1(CCC)NC(=O)N(Cc2c(C)noc2C)C1=O. The lowest BCUT2D eigenvalue weighted by Crippen LogP contribution is -2.46. The maximum absolute atomic E-state index is 12.8. The molecule has 1 saturated heterocycles. The van der Waals surface area contributed by atoms with Crippen LogP contribution < -0.4 is 5.32 Å². The fraction of sp³-hybridized carbons (Fsp3) is 0.667. The highest BCUT2D eigenvalue weighted by Crippen LogP contribution is 2.29. The predicted molar refractivity (Wildman–Crippen MR) is 77.6 cm³/mol. The lowest BCUT2D eigenvalue weighted by atomic mass is 9.88. The Balaban J connectivity index is 2.25. The van der Waals surface area contributed by atoms with E-state index < -0.39 is 5.54 Å². The van der Waals surface area contributed by atoms with Crippen LogP contribution in [-0.4, -0.2) is 27.5 Å². The average molecular weight is 293 g/mol. The van der Waals surface area contributed by atoms with Crippen molar-refractivity contribution in [2.24, 2.45) is 0 Å². The third-order valence-corrected chi connectivity index (χ3v) is 4.10. The van der Waals surface area contributed by atoms with E-state index in [1.807, 2.05) is 20.8 Å². The van der Waals surface area contributed by atoms with Gasteiger partial charge >= 0.3 is 6.03 Å². The summed E-state index contributed by atoms with van der Waals surface area (Å²) in [5.74, 6) is 0.521. The van der Waals surface area contributed by atoms with Gasteiger partial charge in [0.25, 0.3) is 5.91 Å². The molecule has 2 rings (SSSR count). The first-order chi connectivity index (χ1) is 9.95. The number of nitrogens with zero attached hydrogens (tertiary/aromatic N) is 2. The Labute approximate surface area is 124 Å². The molecule has 0 atom stereocenters. The first kappa shape index (κ1) is 15.5. The minimum Gasteiger partial charge on any atom is -0.361 e. The summed E-state index contributed by atoms with van der Waals surface area (Å²) in [6, 6.07) is -0.318. The van der Waals surface area contributed by atoms with E-state index in [0.29, 0.717) is 18.6 Å². The van der Waals surface area contributed by atoms with Gasteiger partial charge in [-0.15, -0.1) is 0 Å². The molecule has 0 radical (unpaired) electrons. The van der Waals surface area contributed by atoms with Crippen LogP contribution in [-0.2, 0) is 11.3 Å². The number of carbonyl (C=O) groups excluding carboxylic acids is 2. The summed E-state index contributed by atoms with van der Waals surface area (Å²) in [5.41, 5.74) is 0.790. The highest BCUT2D eigenvalue weighted by Gasteiger charge is 2.49. The van der Waals surface area contributed by atoms with Gasteiger partial charge in [0.1, 0.15) is 11.3 Å². The van der Waals surface area contributed by atoms with Crippen molar-refractivity contribution in [1.29, 1.82) is 0 Å². The topological polar surface area (TPSA) is 75.4 Å².